The maximum atomic E-state index is 12.5. The van der Waals surface area contributed by atoms with Gasteiger partial charge in [0, 0.05) is 5.41 Å². The fraction of sp³-hybridized carbons (Fsp3) is 0.737. The van der Waals surface area contributed by atoms with E-state index in [9.17, 15) is 14.4 Å². The van der Waals surface area contributed by atoms with Gasteiger partial charge in [0.25, 0.3) is 0 Å². The second kappa shape index (κ2) is 7.67. The zero-order valence-electron chi connectivity index (χ0n) is 16.6. The SMILES string of the molecule is [B]CCC(=O)C(C)(C)C(=O)OC(C)(C)/C(C)=C(/C)C(C)(C)C(C)=O. The molecule has 0 aliphatic heterocycles. The average Bonchev–Trinajstić information content (AvgIpc) is 2.44. The van der Waals surface area contributed by atoms with Crippen LogP contribution >= 0.6 is 0 Å². The Balaban J connectivity index is 5.59. The van der Waals surface area contributed by atoms with Crippen molar-refractivity contribution >= 4 is 25.4 Å². The van der Waals surface area contributed by atoms with E-state index < -0.39 is 22.4 Å². The molecule has 0 saturated carbocycles. The Morgan fingerprint density at radius 2 is 1.29 bits per heavy atom. The zero-order valence-corrected chi connectivity index (χ0v) is 16.6. The molecule has 0 spiro atoms. The Morgan fingerprint density at radius 3 is 1.67 bits per heavy atom. The molecule has 0 aliphatic rings. The molecule has 0 saturated heterocycles. The summed E-state index contributed by atoms with van der Waals surface area (Å²) in [6.07, 6.45) is 0.331. The second-order valence-corrected chi connectivity index (χ2v) is 7.92. The molecule has 134 valence electrons. The predicted molar refractivity (Wildman–Crippen MR) is 97.0 cm³/mol. The number of hydrogen-bond donors (Lipinski definition) is 0. The van der Waals surface area contributed by atoms with Crippen molar-refractivity contribution in [3.63, 3.8) is 0 Å². The quantitative estimate of drug-likeness (QED) is 0.293. The Hall–Kier alpha value is -1.39. The Kier molecular flexibility index (Phi) is 7.22. The summed E-state index contributed by atoms with van der Waals surface area (Å²) in [6, 6.07) is 0. The lowest BCUT2D eigenvalue weighted by Crippen LogP contribution is -2.41. The van der Waals surface area contributed by atoms with Gasteiger partial charge < -0.3 is 4.74 Å². The van der Waals surface area contributed by atoms with Gasteiger partial charge in [-0.15, -0.1) is 0 Å². The molecule has 0 atom stereocenters. The minimum atomic E-state index is -1.25. The molecule has 4 nitrogen and oxygen atoms in total. The van der Waals surface area contributed by atoms with Gasteiger partial charge in [0.15, 0.2) is 0 Å². The molecule has 0 heterocycles. The van der Waals surface area contributed by atoms with Gasteiger partial charge in [0.05, 0.1) is 7.85 Å². The molecule has 0 unspecified atom stereocenters. The highest BCUT2D eigenvalue weighted by Gasteiger charge is 2.41. The number of esters is 1. The fourth-order valence-corrected chi connectivity index (χ4v) is 2.18. The third-order valence-electron chi connectivity index (χ3n) is 5.21. The molecule has 0 amide bonds. The first-order valence-electron chi connectivity index (χ1n) is 8.28. The summed E-state index contributed by atoms with van der Waals surface area (Å²) >= 11 is 0. The van der Waals surface area contributed by atoms with Crippen LogP contribution in [0.2, 0.25) is 6.32 Å². The van der Waals surface area contributed by atoms with Crippen molar-refractivity contribution in [3.05, 3.63) is 11.1 Å². The lowest BCUT2D eigenvalue weighted by atomic mass is 9.76. The van der Waals surface area contributed by atoms with Crippen molar-refractivity contribution in [2.75, 3.05) is 0 Å². The summed E-state index contributed by atoms with van der Waals surface area (Å²) in [5, 5.41) is 0. The van der Waals surface area contributed by atoms with E-state index in [1.807, 2.05) is 27.7 Å². The van der Waals surface area contributed by atoms with Crippen molar-refractivity contribution in [1.82, 2.24) is 0 Å². The molecule has 24 heavy (non-hydrogen) atoms. The summed E-state index contributed by atoms with van der Waals surface area (Å²) in [4.78, 5) is 36.5. The topological polar surface area (TPSA) is 60.4 Å². The van der Waals surface area contributed by atoms with E-state index in [2.05, 4.69) is 0 Å². The van der Waals surface area contributed by atoms with E-state index in [1.165, 1.54) is 0 Å². The Labute approximate surface area is 147 Å². The first kappa shape index (κ1) is 22.6. The third-order valence-corrected chi connectivity index (χ3v) is 5.21. The van der Waals surface area contributed by atoms with Crippen molar-refractivity contribution in [1.29, 1.82) is 0 Å². The van der Waals surface area contributed by atoms with E-state index in [1.54, 1.807) is 34.6 Å². The number of Topliss-reactive ketones (excluding diaryl/α,β-unsaturated/α-hetero) is 2. The van der Waals surface area contributed by atoms with Crippen molar-refractivity contribution in [3.8, 4) is 0 Å². The lowest BCUT2D eigenvalue weighted by molar-refractivity contribution is -0.167. The van der Waals surface area contributed by atoms with Crippen LogP contribution in [0, 0.1) is 10.8 Å². The summed E-state index contributed by atoms with van der Waals surface area (Å²) < 4.78 is 5.66. The first-order valence-corrected chi connectivity index (χ1v) is 8.28. The van der Waals surface area contributed by atoms with Crippen molar-refractivity contribution in [2.24, 2.45) is 10.8 Å². The van der Waals surface area contributed by atoms with Gasteiger partial charge in [-0.1, -0.05) is 11.9 Å². The molecule has 5 heteroatoms. The zero-order chi connectivity index (χ0) is 19.5. The van der Waals surface area contributed by atoms with Crippen LogP contribution in [0.5, 0.6) is 0 Å². The second-order valence-electron chi connectivity index (χ2n) is 7.92. The fourth-order valence-electron chi connectivity index (χ4n) is 2.18. The van der Waals surface area contributed by atoms with Crippen LogP contribution in [0.25, 0.3) is 0 Å². The van der Waals surface area contributed by atoms with Crippen LogP contribution < -0.4 is 0 Å². The number of hydrogen-bond acceptors (Lipinski definition) is 4. The van der Waals surface area contributed by atoms with Crippen LogP contribution in [0.15, 0.2) is 11.1 Å². The number of carbonyl (C=O) groups excluding carboxylic acids is 3. The van der Waals surface area contributed by atoms with Crippen LogP contribution in [0.3, 0.4) is 0 Å². The molecule has 0 aromatic carbocycles. The summed E-state index contributed by atoms with van der Waals surface area (Å²) in [5.74, 6) is -0.785. The summed E-state index contributed by atoms with van der Waals surface area (Å²) in [5.41, 5.74) is -1.15. The smallest absolute Gasteiger partial charge is 0.319 e. The molecule has 0 N–H and O–H groups in total. The molecule has 0 aliphatic carbocycles. The van der Waals surface area contributed by atoms with Crippen LogP contribution in [0.1, 0.15) is 68.7 Å². The molecule has 2 radical (unpaired) electrons. The van der Waals surface area contributed by atoms with E-state index in [4.69, 9.17) is 12.6 Å². The molecular weight excluding hydrogens is 303 g/mol. The van der Waals surface area contributed by atoms with Gasteiger partial charge in [-0.3, -0.25) is 14.4 Å². The van der Waals surface area contributed by atoms with Gasteiger partial charge in [0.2, 0.25) is 0 Å². The maximum Gasteiger partial charge on any atom is 0.319 e. The predicted octanol–water partition coefficient (Wildman–Crippen LogP) is 3.83. The molecular formula is C19H31BO4. The van der Waals surface area contributed by atoms with E-state index in [0.717, 1.165) is 11.1 Å². The highest BCUT2D eigenvalue weighted by atomic mass is 16.6. The molecule has 0 aromatic heterocycles. The van der Waals surface area contributed by atoms with Crippen molar-refractivity contribution in [2.45, 2.75) is 80.7 Å². The van der Waals surface area contributed by atoms with Gasteiger partial charge in [0.1, 0.15) is 22.6 Å². The standard InChI is InChI=1S/C19H31BO4/c1-12(17(4,5)14(3)21)13(2)19(8,9)24-16(23)18(6,7)15(22)10-11-20/h10-11H2,1-9H3/b13-12-. The number of rotatable bonds is 8. The van der Waals surface area contributed by atoms with E-state index >= 15 is 0 Å². The number of allylic oxidation sites excluding steroid dienone is 1. The van der Waals surface area contributed by atoms with Crippen LogP contribution in [-0.2, 0) is 19.1 Å². The highest BCUT2D eigenvalue weighted by molar-refractivity contribution is 6.12. The number of ether oxygens (including phenoxy) is 1. The first-order chi connectivity index (χ1) is 10.6. The molecule has 0 rings (SSSR count). The van der Waals surface area contributed by atoms with E-state index in [-0.39, 0.29) is 24.3 Å². The normalized spacial score (nSPS) is 14.0. The van der Waals surface area contributed by atoms with Gasteiger partial charge in [-0.2, -0.15) is 0 Å². The van der Waals surface area contributed by atoms with Crippen LogP contribution in [-0.4, -0.2) is 31.0 Å². The maximum absolute atomic E-state index is 12.5. The number of carbonyl (C=O) groups is 3. The number of ketones is 2. The third kappa shape index (κ3) is 4.81. The molecule has 0 aromatic rings. The minimum absolute atomic E-state index is 0.0416. The van der Waals surface area contributed by atoms with Gasteiger partial charge >= 0.3 is 5.97 Å². The van der Waals surface area contributed by atoms with Gasteiger partial charge in [-0.05, 0) is 74.3 Å². The molecule has 0 bridgehead atoms. The Morgan fingerprint density at radius 1 is 0.833 bits per heavy atom. The van der Waals surface area contributed by atoms with Gasteiger partial charge in [-0.25, -0.2) is 0 Å². The Bertz CT molecular complexity index is 554. The highest BCUT2D eigenvalue weighted by Crippen LogP contribution is 2.36. The average molecular weight is 334 g/mol. The summed E-state index contributed by atoms with van der Waals surface area (Å²) in [6.45, 7) is 15.6. The van der Waals surface area contributed by atoms with Crippen LogP contribution in [0.4, 0.5) is 0 Å². The van der Waals surface area contributed by atoms with E-state index in [0.29, 0.717) is 0 Å². The molecule has 0 fully saturated rings. The lowest BCUT2D eigenvalue weighted by Gasteiger charge is -2.35. The minimum Gasteiger partial charge on any atom is -0.454 e. The summed E-state index contributed by atoms with van der Waals surface area (Å²) in [7, 11) is 5.41. The van der Waals surface area contributed by atoms with Crippen molar-refractivity contribution < 1.29 is 19.1 Å². The largest absolute Gasteiger partial charge is 0.454 e. The monoisotopic (exact) mass is 334 g/mol.